The molecular weight excluding hydrogens is 471 g/mol. The van der Waals surface area contributed by atoms with Crippen LogP contribution in [0.25, 0.3) is 17.3 Å². The van der Waals surface area contributed by atoms with Gasteiger partial charge in [0.2, 0.25) is 5.88 Å². The lowest BCUT2D eigenvalue weighted by Crippen LogP contribution is -2.12. The van der Waals surface area contributed by atoms with E-state index >= 15 is 0 Å². The molecule has 0 unspecified atom stereocenters. The lowest BCUT2D eigenvalue weighted by Gasteiger charge is -2.09. The lowest BCUT2D eigenvalue weighted by molar-refractivity contribution is -0.112. The second kappa shape index (κ2) is 10.9. The smallest absolute Gasteiger partial charge is 0.345 e. The van der Waals surface area contributed by atoms with Crippen LogP contribution in [0.1, 0.15) is 22.8 Å². The van der Waals surface area contributed by atoms with E-state index in [9.17, 15) is 9.59 Å². The Hall–Kier alpha value is -3.49. The molecule has 0 saturated carbocycles. The third kappa shape index (κ3) is 5.47. The molecule has 2 aromatic carbocycles. The van der Waals surface area contributed by atoms with Crippen LogP contribution in [-0.2, 0) is 9.53 Å². The number of amides is 1. The maximum atomic E-state index is 12.5. The van der Waals surface area contributed by atoms with E-state index in [1.54, 1.807) is 42.5 Å². The Kier molecular flexibility index (Phi) is 7.97. The summed E-state index contributed by atoms with van der Waals surface area (Å²) in [7, 11) is 2.72. The van der Waals surface area contributed by atoms with Crippen molar-refractivity contribution in [2.75, 3.05) is 26.1 Å². The highest BCUT2D eigenvalue weighted by Crippen LogP contribution is 2.38. The number of carbonyl (C=O) groups excluding carboxylic acids is 2. The summed E-state index contributed by atoms with van der Waals surface area (Å²) in [4.78, 5) is 24.9. The predicted molar refractivity (Wildman–Crippen MR) is 125 cm³/mol. The van der Waals surface area contributed by atoms with Gasteiger partial charge >= 0.3 is 5.97 Å². The number of hydrogen-bond donors (Lipinski definition) is 1. The SMILES string of the molecule is CCOc1ccc(/C=C/C(=O)Nc2onc(-c3c(Cl)cccc3Cl)c2C(=O)OC)cc1OC. The number of esters is 1. The number of hydrogen-bond acceptors (Lipinski definition) is 7. The van der Waals surface area contributed by atoms with Gasteiger partial charge in [0.25, 0.3) is 5.91 Å². The molecule has 0 aliphatic rings. The molecule has 0 aliphatic carbocycles. The van der Waals surface area contributed by atoms with Crippen LogP contribution in [0, 0.1) is 0 Å². The maximum absolute atomic E-state index is 12.5. The average molecular weight is 491 g/mol. The van der Waals surface area contributed by atoms with Crippen molar-refractivity contribution in [1.82, 2.24) is 5.16 Å². The second-order valence-corrected chi connectivity index (χ2v) is 7.30. The molecule has 0 radical (unpaired) electrons. The Morgan fingerprint density at radius 2 is 1.85 bits per heavy atom. The average Bonchev–Trinajstić information content (AvgIpc) is 3.20. The number of methoxy groups -OCH3 is 2. The number of anilines is 1. The largest absolute Gasteiger partial charge is 0.493 e. The van der Waals surface area contributed by atoms with Gasteiger partial charge < -0.3 is 18.7 Å². The van der Waals surface area contributed by atoms with Gasteiger partial charge in [-0.15, -0.1) is 0 Å². The zero-order chi connectivity index (χ0) is 24.0. The molecule has 3 rings (SSSR count). The molecule has 1 heterocycles. The molecule has 0 atom stereocenters. The zero-order valence-electron chi connectivity index (χ0n) is 18.0. The Morgan fingerprint density at radius 1 is 1.12 bits per heavy atom. The van der Waals surface area contributed by atoms with Crippen LogP contribution in [0.3, 0.4) is 0 Å². The molecule has 0 saturated heterocycles. The van der Waals surface area contributed by atoms with Crippen LogP contribution in [0.5, 0.6) is 11.5 Å². The molecule has 172 valence electrons. The Labute approximate surface area is 200 Å². The van der Waals surface area contributed by atoms with Crippen molar-refractivity contribution < 1.29 is 28.3 Å². The van der Waals surface area contributed by atoms with Gasteiger partial charge in [0.05, 0.1) is 30.9 Å². The van der Waals surface area contributed by atoms with E-state index in [2.05, 4.69) is 10.5 Å². The fourth-order valence-electron chi connectivity index (χ4n) is 2.95. The maximum Gasteiger partial charge on any atom is 0.345 e. The monoisotopic (exact) mass is 490 g/mol. The van der Waals surface area contributed by atoms with E-state index < -0.39 is 11.9 Å². The number of halogens is 2. The first-order valence-electron chi connectivity index (χ1n) is 9.71. The third-order valence-corrected chi connectivity index (χ3v) is 5.06. The van der Waals surface area contributed by atoms with Crippen molar-refractivity contribution in [3.63, 3.8) is 0 Å². The van der Waals surface area contributed by atoms with Crippen LogP contribution in [0.15, 0.2) is 47.0 Å². The number of nitrogens with zero attached hydrogens (tertiary/aromatic N) is 1. The van der Waals surface area contributed by atoms with Gasteiger partial charge in [0.15, 0.2) is 17.1 Å². The summed E-state index contributed by atoms with van der Waals surface area (Å²) in [5, 5.41) is 6.88. The minimum atomic E-state index is -0.780. The Bertz CT molecular complexity index is 1190. The first kappa shape index (κ1) is 24.2. The Morgan fingerprint density at radius 3 is 2.48 bits per heavy atom. The number of ether oxygens (including phenoxy) is 3. The van der Waals surface area contributed by atoms with Crippen LogP contribution < -0.4 is 14.8 Å². The predicted octanol–water partition coefficient (Wildman–Crippen LogP) is 5.49. The molecule has 0 bridgehead atoms. The molecule has 33 heavy (non-hydrogen) atoms. The molecule has 10 heteroatoms. The van der Waals surface area contributed by atoms with Gasteiger partial charge in [-0.2, -0.15) is 0 Å². The topological polar surface area (TPSA) is 99.9 Å². The highest BCUT2D eigenvalue weighted by Gasteiger charge is 2.28. The van der Waals surface area contributed by atoms with E-state index in [4.69, 9.17) is 41.9 Å². The molecule has 0 aliphatic heterocycles. The summed E-state index contributed by atoms with van der Waals surface area (Å²) in [5.74, 6) is -0.425. The number of benzene rings is 2. The summed E-state index contributed by atoms with van der Waals surface area (Å²) in [6.07, 6.45) is 2.83. The standard InChI is InChI=1S/C23H20Cl2N2O6/c1-4-32-16-10-8-13(12-17(16)30-2)9-11-18(28)26-22-20(23(29)31-3)21(27-33-22)19-14(24)6-5-7-15(19)25/h5-12H,4H2,1-3H3,(H,26,28)/b11-9+. The third-order valence-electron chi connectivity index (χ3n) is 4.43. The molecule has 3 aromatic rings. The van der Waals surface area contributed by atoms with Crippen molar-refractivity contribution in [2.24, 2.45) is 0 Å². The van der Waals surface area contributed by atoms with Gasteiger partial charge in [-0.1, -0.05) is 40.5 Å². The summed E-state index contributed by atoms with van der Waals surface area (Å²) in [5.41, 5.74) is 0.909. The van der Waals surface area contributed by atoms with E-state index in [1.807, 2.05) is 6.92 Å². The number of aromatic nitrogens is 1. The van der Waals surface area contributed by atoms with Crippen LogP contribution in [-0.4, -0.2) is 37.9 Å². The molecule has 8 nitrogen and oxygen atoms in total. The van der Waals surface area contributed by atoms with E-state index in [1.165, 1.54) is 20.3 Å². The summed E-state index contributed by atoms with van der Waals surface area (Å²) in [6, 6.07) is 10.1. The molecule has 1 N–H and O–H groups in total. The quantitative estimate of drug-likeness (QED) is 0.328. The van der Waals surface area contributed by atoms with Crippen LogP contribution >= 0.6 is 23.2 Å². The van der Waals surface area contributed by atoms with Crippen molar-refractivity contribution in [1.29, 1.82) is 0 Å². The first-order chi connectivity index (χ1) is 15.9. The minimum absolute atomic E-state index is 0.0491. The van der Waals surface area contributed by atoms with E-state index in [0.717, 1.165) is 0 Å². The highest BCUT2D eigenvalue weighted by molar-refractivity contribution is 6.39. The van der Waals surface area contributed by atoms with Gasteiger partial charge in [0.1, 0.15) is 5.69 Å². The second-order valence-electron chi connectivity index (χ2n) is 6.49. The molecule has 1 amide bonds. The van der Waals surface area contributed by atoms with Crippen molar-refractivity contribution in [2.45, 2.75) is 6.92 Å². The highest BCUT2D eigenvalue weighted by atomic mass is 35.5. The van der Waals surface area contributed by atoms with Crippen molar-refractivity contribution in [3.8, 4) is 22.8 Å². The van der Waals surface area contributed by atoms with Gasteiger partial charge in [-0.05, 0) is 42.8 Å². The van der Waals surface area contributed by atoms with Crippen LogP contribution in [0.4, 0.5) is 5.88 Å². The Balaban J connectivity index is 1.87. The normalized spacial score (nSPS) is 10.8. The van der Waals surface area contributed by atoms with Gasteiger partial charge in [-0.3, -0.25) is 10.1 Å². The number of carbonyl (C=O) groups is 2. The van der Waals surface area contributed by atoms with Crippen LogP contribution in [0.2, 0.25) is 10.0 Å². The fraction of sp³-hybridized carbons (Fsp3) is 0.174. The first-order valence-corrected chi connectivity index (χ1v) is 10.5. The van der Waals surface area contributed by atoms with Crippen molar-refractivity contribution in [3.05, 3.63) is 63.6 Å². The van der Waals surface area contributed by atoms with Crippen molar-refractivity contribution >= 4 is 47.0 Å². The fourth-order valence-corrected chi connectivity index (χ4v) is 3.53. The van der Waals surface area contributed by atoms with E-state index in [0.29, 0.717) is 23.7 Å². The summed E-state index contributed by atoms with van der Waals surface area (Å²) < 4.78 is 20.8. The molecular formula is C23H20Cl2N2O6. The zero-order valence-corrected chi connectivity index (χ0v) is 19.5. The molecule has 0 fully saturated rings. The number of nitrogens with one attached hydrogen (secondary N) is 1. The minimum Gasteiger partial charge on any atom is -0.493 e. The van der Waals surface area contributed by atoms with Gasteiger partial charge in [0, 0.05) is 11.6 Å². The molecule has 1 aromatic heterocycles. The van der Waals surface area contributed by atoms with Gasteiger partial charge in [-0.25, -0.2) is 4.79 Å². The number of rotatable bonds is 8. The summed E-state index contributed by atoms with van der Waals surface area (Å²) >= 11 is 12.5. The summed E-state index contributed by atoms with van der Waals surface area (Å²) in [6.45, 7) is 2.36. The van der Waals surface area contributed by atoms with E-state index in [-0.39, 0.29) is 32.8 Å². The lowest BCUT2D eigenvalue weighted by atomic mass is 10.1. The molecule has 0 spiro atoms.